The number of aromatic amines is 1. The van der Waals surface area contributed by atoms with Gasteiger partial charge in [0.1, 0.15) is 5.82 Å². The van der Waals surface area contributed by atoms with Gasteiger partial charge in [-0.25, -0.2) is 4.98 Å². The van der Waals surface area contributed by atoms with Gasteiger partial charge in [-0.1, -0.05) is 67.9 Å². The molecule has 0 bridgehead atoms. The van der Waals surface area contributed by atoms with Crippen LogP contribution in [0.1, 0.15) is 24.7 Å². The lowest BCUT2D eigenvalue weighted by atomic mass is 9.98. The van der Waals surface area contributed by atoms with Gasteiger partial charge >= 0.3 is 0 Å². The Balaban J connectivity index is 2.38. The van der Waals surface area contributed by atoms with Crippen molar-refractivity contribution in [3.8, 4) is 0 Å². The summed E-state index contributed by atoms with van der Waals surface area (Å²) in [5.74, 6) is 0.912. The molecule has 1 aromatic heterocycles. The van der Waals surface area contributed by atoms with E-state index < -0.39 is 0 Å². The van der Waals surface area contributed by atoms with Gasteiger partial charge < -0.3 is 4.98 Å². The molecule has 0 aliphatic heterocycles. The van der Waals surface area contributed by atoms with Crippen LogP contribution in [0, 0.1) is 6.92 Å². The van der Waals surface area contributed by atoms with Crippen molar-refractivity contribution >= 4 is 32.6 Å². The Hall–Kier alpha value is -2.87. The number of nitrogens with zero attached hydrogens (tertiary/aromatic N) is 1. The lowest BCUT2D eigenvalue weighted by Gasteiger charge is -2.06. The molecule has 0 spiro atoms. The van der Waals surface area contributed by atoms with Crippen molar-refractivity contribution in [3.63, 3.8) is 0 Å². The molecule has 1 heterocycles. The van der Waals surface area contributed by atoms with Crippen molar-refractivity contribution in [2.75, 3.05) is 0 Å². The highest BCUT2D eigenvalue weighted by atomic mass is 14.8. The van der Waals surface area contributed by atoms with Crippen LogP contribution in [0.5, 0.6) is 0 Å². The van der Waals surface area contributed by atoms with Crippen molar-refractivity contribution < 1.29 is 0 Å². The van der Waals surface area contributed by atoms with Crippen molar-refractivity contribution in [1.82, 2.24) is 9.97 Å². The van der Waals surface area contributed by atoms with Crippen LogP contribution in [-0.4, -0.2) is 9.97 Å². The second kappa shape index (κ2) is 6.56. The lowest BCUT2D eigenvalue weighted by molar-refractivity contribution is 0.930. The summed E-state index contributed by atoms with van der Waals surface area (Å²) in [6.07, 6.45) is 2.18. The second-order valence-corrected chi connectivity index (χ2v) is 6.47. The predicted molar refractivity (Wildman–Crippen MR) is 107 cm³/mol. The molecule has 0 aliphatic rings. The number of rotatable bonds is 2. The number of nitrogens with one attached hydrogen (secondary N) is 1. The third-order valence-electron chi connectivity index (χ3n) is 4.67. The van der Waals surface area contributed by atoms with E-state index in [-0.39, 0.29) is 0 Å². The van der Waals surface area contributed by atoms with E-state index in [9.17, 15) is 0 Å². The summed E-state index contributed by atoms with van der Waals surface area (Å²) in [5, 5.41) is 4.99. The second-order valence-electron chi connectivity index (χ2n) is 6.47. The number of hydrogen-bond donors (Lipinski definition) is 1. The quantitative estimate of drug-likeness (QED) is 0.463. The summed E-state index contributed by atoms with van der Waals surface area (Å²) in [4.78, 5) is 8.39. The number of aryl methyl sites for hydroxylation is 2. The zero-order valence-corrected chi connectivity index (χ0v) is 14.7. The zero-order chi connectivity index (χ0) is 17.2. The van der Waals surface area contributed by atoms with Crippen molar-refractivity contribution in [2.45, 2.75) is 26.7 Å². The SMILES string of the molecule is CCCc1cccc2nc(C)[nH]c3ccccc3c3ccccc3c12. The number of fused-ring (bicyclic) bond motifs is 5. The first kappa shape index (κ1) is 15.6. The molecule has 0 atom stereocenters. The average Bonchev–Trinajstić information content (AvgIpc) is 2.67. The summed E-state index contributed by atoms with van der Waals surface area (Å²) in [6.45, 7) is 4.26. The molecule has 2 heteroatoms. The van der Waals surface area contributed by atoms with Crippen molar-refractivity contribution in [3.05, 3.63) is 78.1 Å². The third kappa shape index (κ3) is 2.85. The molecule has 0 amide bonds. The van der Waals surface area contributed by atoms with Gasteiger partial charge in [0.05, 0.1) is 5.52 Å². The molecule has 124 valence electrons. The minimum Gasteiger partial charge on any atom is -0.343 e. The Morgan fingerprint density at radius 1 is 0.800 bits per heavy atom. The maximum absolute atomic E-state index is 4.91. The Kier molecular flexibility index (Phi) is 4.10. The van der Waals surface area contributed by atoms with E-state index in [1.807, 2.05) is 6.92 Å². The third-order valence-corrected chi connectivity index (χ3v) is 4.67. The van der Waals surface area contributed by atoms with E-state index in [2.05, 4.69) is 78.6 Å². The molecule has 4 rings (SSSR count). The van der Waals surface area contributed by atoms with Crippen LogP contribution < -0.4 is 0 Å². The number of aromatic nitrogens is 2. The first-order valence-electron chi connectivity index (χ1n) is 8.91. The molecule has 0 unspecified atom stereocenters. The van der Waals surface area contributed by atoms with Gasteiger partial charge in [0.2, 0.25) is 0 Å². The highest BCUT2D eigenvalue weighted by molar-refractivity contribution is 6.14. The first-order valence-corrected chi connectivity index (χ1v) is 8.91. The summed E-state index contributed by atoms with van der Waals surface area (Å²) < 4.78 is 0. The minimum atomic E-state index is 0.912. The monoisotopic (exact) mass is 326 g/mol. The zero-order valence-electron chi connectivity index (χ0n) is 14.7. The Morgan fingerprint density at radius 2 is 1.52 bits per heavy atom. The van der Waals surface area contributed by atoms with Crippen molar-refractivity contribution in [2.24, 2.45) is 0 Å². The maximum atomic E-state index is 4.91. The molecule has 2 nitrogen and oxygen atoms in total. The standard InChI is InChI=1S/C23H22N2/c1-3-9-17-10-8-15-22-23(17)20-13-5-4-11-18(20)19-12-6-7-14-21(19)24-16(2)25-22/h4-8,10-15H,3,9H2,1-2H3,(H,24,25). The van der Waals surface area contributed by atoms with Gasteiger partial charge in [-0.15, -0.1) is 0 Å². The summed E-state index contributed by atoms with van der Waals surface area (Å²) in [7, 11) is 0. The van der Waals surface area contributed by atoms with Gasteiger partial charge in [-0.2, -0.15) is 0 Å². The van der Waals surface area contributed by atoms with Gasteiger partial charge in [-0.05, 0) is 41.8 Å². The number of benzene rings is 3. The van der Waals surface area contributed by atoms with E-state index >= 15 is 0 Å². The van der Waals surface area contributed by atoms with E-state index in [1.54, 1.807) is 0 Å². The highest BCUT2D eigenvalue weighted by Gasteiger charge is 2.06. The molecule has 25 heavy (non-hydrogen) atoms. The number of hydrogen-bond acceptors (Lipinski definition) is 1. The van der Waals surface area contributed by atoms with Crippen LogP contribution in [0.3, 0.4) is 0 Å². The summed E-state index contributed by atoms with van der Waals surface area (Å²) >= 11 is 0. The van der Waals surface area contributed by atoms with Gasteiger partial charge in [-0.3, -0.25) is 0 Å². The molecule has 0 radical (unpaired) electrons. The molecule has 1 N–H and O–H groups in total. The number of para-hydroxylation sites is 1. The predicted octanol–water partition coefficient (Wildman–Crippen LogP) is 6.25. The fraction of sp³-hybridized carbons (Fsp3) is 0.174. The number of H-pyrrole nitrogens is 1. The Labute approximate surface area is 147 Å². The fourth-order valence-electron chi connectivity index (χ4n) is 3.63. The van der Waals surface area contributed by atoms with E-state index in [1.165, 1.54) is 27.1 Å². The Morgan fingerprint density at radius 3 is 2.32 bits per heavy atom. The highest BCUT2D eigenvalue weighted by Crippen LogP contribution is 2.29. The smallest absolute Gasteiger partial charge is 0.103 e. The molecule has 0 aliphatic carbocycles. The van der Waals surface area contributed by atoms with Crippen LogP contribution >= 0.6 is 0 Å². The molecule has 4 aromatic rings. The average molecular weight is 326 g/mol. The fourth-order valence-corrected chi connectivity index (χ4v) is 3.63. The van der Waals surface area contributed by atoms with Gasteiger partial charge in [0, 0.05) is 16.3 Å². The van der Waals surface area contributed by atoms with E-state index in [4.69, 9.17) is 4.98 Å². The normalized spacial score (nSPS) is 11.1. The lowest BCUT2D eigenvalue weighted by Crippen LogP contribution is -1.88. The van der Waals surface area contributed by atoms with Gasteiger partial charge in [0.15, 0.2) is 0 Å². The van der Waals surface area contributed by atoms with Crippen LogP contribution in [-0.2, 0) is 6.42 Å². The van der Waals surface area contributed by atoms with E-state index in [0.29, 0.717) is 0 Å². The van der Waals surface area contributed by atoms with E-state index in [0.717, 1.165) is 29.7 Å². The molecular weight excluding hydrogens is 304 g/mol. The Bertz CT molecular complexity index is 1120. The van der Waals surface area contributed by atoms with Crippen LogP contribution in [0.4, 0.5) is 0 Å². The van der Waals surface area contributed by atoms with Crippen LogP contribution in [0.2, 0.25) is 0 Å². The van der Waals surface area contributed by atoms with Crippen LogP contribution in [0.15, 0.2) is 66.7 Å². The van der Waals surface area contributed by atoms with Gasteiger partial charge in [0.25, 0.3) is 0 Å². The molecule has 0 fully saturated rings. The maximum Gasteiger partial charge on any atom is 0.103 e. The first-order chi connectivity index (χ1) is 12.3. The molecule has 3 aromatic carbocycles. The van der Waals surface area contributed by atoms with Crippen molar-refractivity contribution in [1.29, 1.82) is 0 Å². The topological polar surface area (TPSA) is 28.7 Å². The molecule has 0 saturated carbocycles. The molecular formula is C23H22N2. The largest absolute Gasteiger partial charge is 0.343 e. The summed E-state index contributed by atoms with van der Waals surface area (Å²) in [5.41, 5.74) is 3.50. The summed E-state index contributed by atoms with van der Waals surface area (Å²) in [6, 6.07) is 23.6. The minimum absolute atomic E-state index is 0.912. The molecule has 0 saturated heterocycles. The van der Waals surface area contributed by atoms with Crippen LogP contribution in [0.25, 0.3) is 32.6 Å².